The maximum absolute atomic E-state index is 13.6. The lowest BCUT2D eigenvalue weighted by atomic mass is 10.0. The molecule has 1 unspecified atom stereocenters. The molecule has 1 aromatic heterocycles. The Morgan fingerprint density at radius 3 is 2.15 bits per heavy atom. The second-order valence-electron chi connectivity index (χ2n) is 12.8. The van der Waals surface area contributed by atoms with Crippen LogP contribution in [0, 0.1) is 18.0 Å². The summed E-state index contributed by atoms with van der Waals surface area (Å²) in [5.74, 6) is -1.26. The van der Waals surface area contributed by atoms with Crippen molar-refractivity contribution in [2.75, 3.05) is 13.7 Å². The number of alkyl halides is 3. The van der Waals surface area contributed by atoms with Gasteiger partial charge in [0.05, 0.1) is 39.4 Å². The molecule has 1 aliphatic rings. The van der Waals surface area contributed by atoms with Crippen molar-refractivity contribution >= 4 is 27.9 Å². The molecule has 1 aliphatic heterocycles. The standard InChI is InChI=1S/C35H36F3N7O8S/c1-21(2)18-26(42(5)45(49)41-53-23(4)43-32(46)28-8-6-7-9-29(28)33(43)47)20-52-34(48)40-54(50,51)27-16-14-25(15-17-27)44-30(19-31(39-44)35(36,37)38)24-12-10-22(3)11-13-24/h6-17,19,21,23,26H,18,20H2,1-5H3,(H,40,48)/b45-41+/t23?,26-/m0/s1. The number of carbonyl (C=O) groups excluding carboxylic acids is 3. The molecule has 0 radical (unpaired) electrons. The van der Waals surface area contributed by atoms with Crippen molar-refractivity contribution in [1.29, 1.82) is 0 Å². The summed E-state index contributed by atoms with van der Waals surface area (Å²) in [7, 11) is -3.20. The predicted molar refractivity (Wildman–Crippen MR) is 185 cm³/mol. The van der Waals surface area contributed by atoms with E-state index in [9.17, 15) is 41.2 Å². The minimum Gasteiger partial charge on any atom is -0.569 e. The molecular weight excluding hydrogens is 735 g/mol. The summed E-state index contributed by atoms with van der Waals surface area (Å²) in [5.41, 5.74) is 0.813. The van der Waals surface area contributed by atoms with Crippen molar-refractivity contribution in [1.82, 2.24) is 24.4 Å². The third kappa shape index (κ3) is 8.62. The summed E-state index contributed by atoms with van der Waals surface area (Å²) >= 11 is 0. The van der Waals surface area contributed by atoms with E-state index in [2.05, 4.69) is 10.4 Å². The molecule has 3 aromatic carbocycles. The first-order chi connectivity index (χ1) is 25.4. The van der Waals surface area contributed by atoms with Crippen LogP contribution in [0.5, 0.6) is 0 Å². The van der Waals surface area contributed by atoms with Crippen molar-refractivity contribution in [3.63, 3.8) is 0 Å². The Hall–Kier alpha value is -5.98. The summed E-state index contributed by atoms with van der Waals surface area (Å²) < 4.78 is 74.9. The van der Waals surface area contributed by atoms with Gasteiger partial charge in [-0.2, -0.15) is 18.3 Å². The quantitative estimate of drug-likeness (QED) is 0.0725. The molecule has 4 aromatic rings. The van der Waals surface area contributed by atoms with Gasteiger partial charge in [-0.3, -0.25) is 9.59 Å². The highest BCUT2D eigenvalue weighted by molar-refractivity contribution is 7.90. The maximum atomic E-state index is 13.6. The first-order valence-corrected chi connectivity index (χ1v) is 17.9. The van der Waals surface area contributed by atoms with Gasteiger partial charge >= 0.3 is 12.3 Å². The SMILES string of the molecule is Cc1ccc(-c2cc(C(F)(F)F)nn2-c2ccc(S(=O)(=O)NC(=O)OC[C@H](CC(C)C)N(C)/[N+]([O-])=N\OC(C)N3C(=O)c4ccccc4C3=O)cc2)cc1. The average molecular weight is 772 g/mol. The monoisotopic (exact) mass is 771 g/mol. The van der Waals surface area contributed by atoms with Crippen molar-refractivity contribution in [2.45, 2.75) is 57.5 Å². The van der Waals surface area contributed by atoms with Crippen molar-refractivity contribution in [3.05, 3.63) is 106 Å². The lowest BCUT2D eigenvalue weighted by Crippen LogP contribution is -2.43. The Kier molecular flexibility index (Phi) is 11.3. The van der Waals surface area contributed by atoms with Gasteiger partial charge in [-0.1, -0.05) is 55.8 Å². The Morgan fingerprint density at radius 1 is 1.00 bits per heavy atom. The number of hydrazine groups is 1. The van der Waals surface area contributed by atoms with Crippen LogP contribution in [-0.2, 0) is 25.8 Å². The molecule has 2 heterocycles. The molecule has 0 saturated carbocycles. The number of amides is 3. The molecule has 0 bridgehead atoms. The molecule has 15 nitrogen and oxygen atoms in total. The zero-order valence-corrected chi connectivity index (χ0v) is 30.5. The van der Waals surface area contributed by atoms with Gasteiger partial charge in [-0.05, 0) is 68.7 Å². The molecule has 1 N–H and O–H groups in total. The maximum Gasteiger partial charge on any atom is 0.435 e. The number of sulfonamides is 1. The number of hydrogen-bond acceptors (Lipinski definition) is 10. The van der Waals surface area contributed by atoms with Gasteiger partial charge in [0.2, 0.25) is 11.5 Å². The largest absolute Gasteiger partial charge is 0.569 e. The minimum atomic E-state index is -4.74. The number of carbonyl (C=O) groups is 3. The zero-order valence-electron chi connectivity index (χ0n) is 29.6. The molecule has 0 aliphatic carbocycles. The number of nitrogens with one attached hydrogen (secondary N) is 1. The lowest BCUT2D eigenvalue weighted by molar-refractivity contribution is -0.714. The molecule has 2 atom stereocenters. The molecule has 0 spiro atoms. The average Bonchev–Trinajstić information content (AvgIpc) is 3.68. The van der Waals surface area contributed by atoms with Crippen LogP contribution in [0.3, 0.4) is 0 Å². The Balaban J connectivity index is 1.23. The van der Waals surface area contributed by atoms with Gasteiger partial charge in [0.15, 0.2) is 5.69 Å². The van der Waals surface area contributed by atoms with E-state index in [1.165, 1.54) is 38.2 Å². The van der Waals surface area contributed by atoms with Crippen molar-refractivity contribution < 1.29 is 50.5 Å². The topological polar surface area (TPSA) is 179 Å². The van der Waals surface area contributed by atoms with Crippen LogP contribution in [0.25, 0.3) is 16.9 Å². The number of nitrogens with zero attached hydrogens (tertiary/aromatic N) is 6. The second kappa shape index (κ2) is 15.6. The van der Waals surface area contributed by atoms with Crippen molar-refractivity contribution in [2.24, 2.45) is 11.2 Å². The number of rotatable bonds is 13. The zero-order chi connectivity index (χ0) is 39.5. The highest BCUT2D eigenvalue weighted by Gasteiger charge is 2.40. The molecule has 286 valence electrons. The molecule has 54 heavy (non-hydrogen) atoms. The summed E-state index contributed by atoms with van der Waals surface area (Å²) in [4.78, 5) is 43.8. The molecule has 3 amide bonds. The number of imide groups is 1. The number of halogens is 3. The summed E-state index contributed by atoms with van der Waals surface area (Å²) in [6, 6.07) is 17.6. The van der Waals surface area contributed by atoms with E-state index in [-0.39, 0.29) is 39.8 Å². The molecule has 5 rings (SSSR count). The van der Waals surface area contributed by atoms with Crippen LogP contribution >= 0.6 is 0 Å². The summed E-state index contributed by atoms with van der Waals surface area (Å²) in [5, 5.41) is 21.1. The lowest BCUT2D eigenvalue weighted by Gasteiger charge is -2.25. The number of fused-ring (bicyclic) bond motifs is 1. The van der Waals surface area contributed by atoms with Gasteiger partial charge in [-0.25, -0.2) is 27.5 Å². The Morgan fingerprint density at radius 2 is 1.59 bits per heavy atom. The highest BCUT2D eigenvalue weighted by Crippen LogP contribution is 2.33. The predicted octanol–water partition coefficient (Wildman–Crippen LogP) is 6.08. The molecule has 0 saturated heterocycles. The Bertz CT molecular complexity index is 2140. The van der Waals surface area contributed by atoms with Gasteiger partial charge < -0.3 is 14.8 Å². The molecular formula is C35H36F3N7O8S. The minimum absolute atomic E-state index is 0.0357. The smallest absolute Gasteiger partial charge is 0.435 e. The van der Waals surface area contributed by atoms with Crippen LogP contribution in [-0.4, -0.2) is 76.9 Å². The summed E-state index contributed by atoms with van der Waals surface area (Å²) in [6.07, 6.45) is -7.08. The number of aromatic nitrogens is 2. The number of likely N-dealkylation sites (N-methyl/N-ethyl adjacent to an activating group) is 1. The van der Waals surface area contributed by atoms with E-state index < -0.39 is 63.6 Å². The fourth-order valence-corrected chi connectivity index (χ4v) is 6.44. The van der Waals surface area contributed by atoms with Crippen LogP contribution in [0.2, 0.25) is 0 Å². The number of ether oxygens (including phenoxy) is 1. The van der Waals surface area contributed by atoms with Gasteiger partial charge in [0.25, 0.3) is 21.8 Å². The number of hydrogen-bond donors (Lipinski definition) is 1. The van der Waals surface area contributed by atoms with E-state index in [4.69, 9.17) is 9.57 Å². The van der Waals surface area contributed by atoms with Crippen LogP contribution in [0.4, 0.5) is 18.0 Å². The highest BCUT2D eigenvalue weighted by atomic mass is 32.2. The fraction of sp³-hybridized carbons (Fsp3) is 0.314. The van der Waals surface area contributed by atoms with Crippen LogP contribution in [0.1, 0.15) is 59.2 Å². The normalized spacial score (nSPS) is 14.5. The van der Waals surface area contributed by atoms with Gasteiger partial charge in [0, 0.05) is 5.56 Å². The van der Waals surface area contributed by atoms with Gasteiger partial charge in [0.1, 0.15) is 12.6 Å². The third-order valence-corrected chi connectivity index (χ3v) is 9.69. The van der Waals surface area contributed by atoms with Crippen LogP contribution in [0.15, 0.2) is 89.0 Å². The molecule has 0 fully saturated rings. The van der Waals surface area contributed by atoms with E-state index in [1.54, 1.807) is 41.1 Å². The number of aryl methyl sites for hydroxylation is 1. The third-order valence-electron chi connectivity index (χ3n) is 8.36. The Labute approximate surface area is 308 Å². The van der Waals surface area contributed by atoms with Gasteiger partial charge in [-0.15, -0.1) is 5.01 Å². The van der Waals surface area contributed by atoms with Crippen LogP contribution < -0.4 is 4.72 Å². The van der Waals surface area contributed by atoms with E-state index >= 15 is 0 Å². The number of benzene rings is 3. The van der Waals surface area contributed by atoms with E-state index in [0.29, 0.717) is 5.56 Å². The van der Waals surface area contributed by atoms with Crippen molar-refractivity contribution in [3.8, 4) is 16.9 Å². The fourth-order valence-electron chi connectivity index (χ4n) is 5.55. The first-order valence-electron chi connectivity index (χ1n) is 16.5. The van der Waals surface area contributed by atoms with E-state index in [0.717, 1.165) is 38.4 Å². The summed E-state index contributed by atoms with van der Waals surface area (Å²) in [6.45, 7) is 6.38. The first kappa shape index (κ1) is 39.2. The van der Waals surface area contributed by atoms with E-state index in [1.807, 2.05) is 20.8 Å². The molecule has 19 heteroatoms. The second-order valence-corrected chi connectivity index (χ2v) is 14.5.